The van der Waals surface area contributed by atoms with Crippen molar-refractivity contribution in [3.8, 4) is 0 Å². The summed E-state index contributed by atoms with van der Waals surface area (Å²) in [6, 6.07) is 14.0. The van der Waals surface area contributed by atoms with Crippen molar-refractivity contribution in [1.82, 2.24) is 5.43 Å². The molecule has 0 spiro atoms. The fraction of sp³-hybridized carbons (Fsp3) is 0.118. The molecule has 2 aromatic carbocycles. The predicted molar refractivity (Wildman–Crippen MR) is 96.5 cm³/mol. The summed E-state index contributed by atoms with van der Waals surface area (Å²) in [5, 5.41) is 16.3. The number of nitrogens with one attached hydrogen (secondary N) is 1. The zero-order chi connectivity index (χ0) is 17.5. The van der Waals surface area contributed by atoms with Crippen molar-refractivity contribution >= 4 is 35.1 Å². The molecule has 124 valence electrons. The lowest BCUT2D eigenvalue weighted by molar-refractivity contribution is 0.0955. The van der Waals surface area contributed by atoms with Crippen LogP contribution in [0.25, 0.3) is 0 Å². The van der Waals surface area contributed by atoms with Crippen LogP contribution in [0.3, 0.4) is 0 Å². The number of hydrazone groups is 1. The molecular formula is C17H17ClN4O2. The minimum Gasteiger partial charge on any atom is -0.411 e. The first-order valence-corrected chi connectivity index (χ1v) is 7.48. The summed E-state index contributed by atoms with van der Waals surface area (Å²) in [6.45, 7) is 0. The third kappa shape index (κ3) is 4.57. The average Bonchev–Trinajstić information content (AvgIpc) is 2.58. The Morgan fingerprint density at radius 1 is 1.17 bits per heavy atom. The Kier molecular flexibility index (Phi) is 5.92. The lowest BCUT2D eigenvalue weighted by atomic mass is 10.1. The van der Waals surface area contributed by atoms with Crippen LogP contribution in [0.5, 0.6) is 0 Å². The molecule has 0 heterocycles. The van der Waals surface area contributed by atoms with Gasteiger partial charge in [-0.1, -0.05) is 35.0 Å². The Bertz CT molecular complexity index is 770. The van der Waals surface area contributed by atoms with E-state index in [0.29, 0.717) is 21.9 Å². The number of carbonyl (C=O) groups excluding carboxylic acids is 1. The van der Waals surface area contributed by atoms with Crippen molar-refractivity contribution in [3.05, 3.63) is 64.7 Å². The van der Waals surface area contributed by atoms with Crippen molar-refractivity contribution < 1.29 is 10.0 Å². The maximum Gasteiger partial charge on any atom is 0.271 e. The Morgan fingerprint density at radius 2 is 1.88 bits per heavy atom. The molecule has 0 radical (unpaired) electrons. The first-order valence-electron chi connectivity index (χ1n) is 7.10. The van der Waals surface area contributed by atoms with Gasteiger partial charge < -0.3 is 10.1 Å². The smallest absolute Gasteiger partial charge is 0.271 e. The van der Waals surface area contributed by atoms with Gasteiger partial charge in [0, 0.05) is 35.9 Å². The molecule has 2 N–H and O–H groups in total. The molecule has 0 aromatic heterocycles. The molecule has 1 amide bonds. The molecule has 2 rings (SSSR count). The lowest BCUT2D eigenvalue weighted by Gasteiger charge is -2.12. The molecule has 0 bridgehead atoms. The highest BCUT2D eigenvalue weighted by atomic mass is 35.5. The molecule has 0 aliphatic heterocycles. The molecule has 0 aliphatic carbocycles. The van der Waals surface area contributed by atoms with E-state index < -0.39 is 5.91 Å². The van der Waals surface area contributed by atoms with Crippen LogP contribution >= 0.6 is 11.6 Å². The fourth-order valence-electron chi connectivity index (χ4n) is 1.96. The highest BCUT2D eigenvalue weighted by Crippen LogP contribution is 2.13. The van der Waals surface area contributed by atoms with E-state index >= 15 is 0 Å². The number of oxime groups is 1. The van der Waals surface area contributed by atoms with Crippen LogP contribution in [0.2, 0.25) is 5.02 Å². The van der Waals surface area contributed by atoms with Crippen molar-refractivity contribution in [1.29, 1.82) is 0 Å². The van der Waals surface area contributed by atoms with Gasteiger partial charge in [-0.05, 0) is 30.3 Å². The van der Waals surface area contributed by atoms with Crippen molar-refractivity contribution in [3.63, 3.8) is 0 Å². The summed E-state index contributed by atoms with van der Waals surface area (Å²) in [6.07, 6.45) is 1.16. The molecule has 2 aromatic rings. The number of rotatable bonds is 5. The van der Waals surface area contributed by atoms with Crippen molar-refractivity contribution in [2.45, 2.75) is 0 Å². The van der Waals surface area contributed by atoms with Gasteiger partial charge in [0.1, 0.15) is 5.71 Å². The second-order valence-electron chi connectivity index (χ2n) is 5.13. The summed E-state index contributed by atoms with van der Waals surface area (Å²) in [5.41, 5.74) is 4.84. The van der Waals surface area contributed by atoms with Gasteiger partial charge in [0.05, 0.1) is 6.21 Å². The van der Waals surface area contributed by atoms with Crippen LogP contribution in [0, 0.1) is 0 Å². The monoisotopic (exact) mass is 344 g/mol. The quantitative estimate of drug-likeness (QED) is 0.497. The highest BCUT2D eigenvalue weighted by Gasteiger charge is 2.07. The van der Waals surface area contributed by atoms with Gasteiger partial charge >= 0.3 is 0 Å². The molecule has 0 saturated carbocycles. The molecule has 0 atom stereocenters. The van der Waals surface area contributed by atoms with Crippen molar-refractivity contribution in [2.24, 2.45) is 10.3 Å². The maximum absolute atomic E-state index is 12.1. The molecule has 0 unspecified atom stereocenters. The number of hydrogen-bond donors (Lipinski definition) is 2. The van der Waals surface area contributed by atoms with E-state index in [1.54, 1.807) is 18.2 Å². The van der Waals surface area contributed by atoms with Crippen LogP contribution in [0.1, 0.15) is 15.9 Å². The number of benzene rings is 2. The topological polar surface area (TPSA) is 77.3 Å². The Labute approximate surface area is 145 Å². The van der Waals surface area contributed by atoms with Crippen LogP contribution in [-0.4, -0.2) is 37.1 Å². The van der Waals surface area contributed by atoms with E-state index in [1.807, 2.05) is 43.3 Å². The summed E-state index contributed by atoms with van der Waals surface area (Å²) in [7, 11) is 3.87. The number of anilines is 1. The van der Waals surface area contributed by atoms with E-state index in [1.165, 1.54) is 6.07 Å². The largest absolute Gasteiger partial charge is 0.411 e. The predicted octanol–water partition coefficient (Wildman–Crippen LogP) is 3.00. The Balaban J connectivity index is 2.20. The number of nitrogens with zero attached hydrogens (tertiary/aromatic N) is 3. The number of hydrogen-bond acceptors (Lipinski definition) is 5. The van der Waals surface area contributed by atoms with Crippen LogP contribution in [-0.2, 0) is 0 Å². The number of amides is 1. The molecule has 24 heavy (non-hydrogen) atoms. The van der Waals surface area contributed by atoms with Gasteiger partial charge in [-0.2, -0.15) is 5.10 Å². The highest BCUT2D eigenvalue weighted by molar-refractivity contribution is 6.38. The number of halogens is 1. The summed E-state index contributed by atoms with van der Waals surface area (Å²) >= 11 is 5.86. The fourth-order valence-corrected chi connectivity index (χ4v) is 2.15. The van der Waals surface area contributed by atoms with Gasteiger partial charge in [0.15, 0.2) is 0 Å². The third-order valence-corrected chi connectivity index (χ3v) is 3.46. The van der Waals surface area contributed by atoms with Crippen LogP contribution in [0.4, 0.5) is 5.69 Å². The second kappa shape index (κ2) is 8.12. The summed E-state index contributed by atoms with van der Waals surface area (Å²) < 4.78 is 0. The first kappa shape index (κ1) is 17.5. The molecule has 6 nitrogen and oxygen atoms in total. The minimum atomic E-state index is -0.411. The average molecular weight is 345 g/mol. The zero-order valence-electron chi connectivity index (χ0n) is 13.3. The summed E-state index contributed by atoms with van der Waals surface area (Å²) in [5.74, 6) is -0.411. The van der Waals surface area contributed by atoms with Crippen LogP contribution < -0.4 is 10.3 Å². The van der Waals surface area contributed by atoms with Gasteiger partial charge in [-0.15, -0.1) is 0 Å². The van der Waals surface area contributed by atoms with E-state index in [-0.39, 0.29) is 0 Å². The second-order valence-corrected chi connectivity index (χ2v) is 5.57. The van der Waals surface area contributed by atoms with Crippen molar-refractivity contribution in [2.75, 3.05) is 19.0 Å². The van der Waals surface area contributed by atoms with E-state index in [4.69, 9.17) is 16.8 Å². The van der Waals surface area contributed by atoms with E-state index in [2.05, 4.69) is 15.7 Å². The standard InChI is InChI=1S/C17H17ClN4O2/c1-22(2)15-8-6-12(7-9-15)16(11-19-24)20-21-17(23)13-4-3-5-14(18)10-13/h3-11,24H,1-2H3,(H,21,23)/b19-11+,20-16+. The lowest BCUT2D eigenvalue weighted by Crippen LogP contribution is -2.20. The Hall–Kier alpha value is -2.86. The SMILES string of the molecule is CN(C)c1ccc(C(/C=N/O)=N/NC(=O)c2cccc(Cl)c2)cc1. The van der Waals surface area contributed by atoms with E-state index in [0.717, 1.165) is 11.9 Å². The van der Waals surface area contributed by atoms with Gasteiger partial charge in [0.2, 0.25) is 0 Å². The van der Waals surface area contributed by atoms with Crippen LogP contribution in [0.15, 0.2) is 58.8 Å². The zero-order valence-corrected chi connectivity index (χ0v) is 14.0. The molecule has 0 saturated heterocycles. The first-order chi connectivity index (χ1) is 11.5. The normalized spacial score (nSPS) is 11.5. The molecule has 0 aliphatic rings. The minimum absolute atomic E-state index is 0.318. The number of carbonyl (C=O) groups is 1. The van der Waals surface area contributed by atoms with E-state index in [9.17, 15) is 4.79 Å². The van der Waals surface area contributed by atoms with Gasteiger partial charge in [-0.3, -0.25) is 4.79 Å². The maximum atomic E-state index is 12.1. The molecule has 0 fully saturated rings. The Morgan fingerprint density at radius 3 is 2.46 bits per heavy atom. The molecular weight excluding hydrogens is 328 g/mol. The van der Waals surface area contributed by atoms with Gasteiger partial charge in [0.25, 0.3) is 5.91 Å². The third-order valence-electron chi connectivity index (χ3n) is 3.22. The summed E-state index contributed by atoms with van der Waals surface area (Å²) in [4.78, 5) is 14.0. The van der Waals surface area contributed by atoms with Gasteiger partial charge in [-0.25, -0.2) is 5.43 Å². The molecule has 7 heteroatoms.